The van der Waals surface area contributed by atoms with Gasteiger partial charge in [-0.15, -0.1) is 0 Å². The van der Waals surface area contributed by atoms with E-state index in [0.29, 0.717) is 0 Å². The molecule has 0 aliphatic heterocycles. The van der Waals surface area contributed by atoms with Gasteiger partial charge in [0.25, 0.3) is 0 Å². The second-order valence-electron chi connectivity index (χ2n) is 7.99. The molecule has 0 aliphatic carbocycles. The number of pyridine rings is 1. The van der Waals surface area contributed by atoms with Gasteiger partial charge in [-0.1, -0.05) is 35.9 Å². The van der Waals surface area contributed by atoms with Crippen LogP contribution in [0.2, 0.25) is 0 Å². The van der Waals surface area contributed by atoms with Crippen LogP contribution >= 0.6 is 0 Å². The summed E-state index contributed by atoms with van der Waals surface area (Å²) in [6.45, 7) is 8.59. The van der Waals surface area contributed by atoms with E-state index in [4.69, 9.17) is 4.42 Å². The van der Waals surface area contributed by atoms with Gasteiger partial charge in [0, 0.05) is 22.5 Å². The first-order chi connectivity index (χ1) is 14.0. The van der Waals surface area contributed by atoms with E-state index in [1.807, 2.05) is 12.3 Å². The Hall–Kier alpha value is -3.39. The highest BCUT2D eigenvalue weighted by Gasteiger charge is 2.15. The maximum atomic E-state index is 6.40. The molecule has 0 N–H and O–H groups in total. The third-order valence-corrected chi connectivity index (χ3v) is 5.66. The first-order valence-corrected chi connectivity index (χ1v) is 9.98. The van der Waals surface area contributed by atoms with E-state index in [2.05, 4.69) is 87.3 Å². The van der Waals surface area contributed by atoms with Crippen LogP contribution in [-0.4, -0.2) is 4.98 Å². The van der Waals surface area contributed by atoms with Crippen LogP contribution in [0.1, 0.15) is 22.3 Å². The molecule has 142 valence electrons. The van der Waals surface area contributed by atoms with E-state index < -0.39 is 0 Å². The summed E-state index contributed by atoms with van der Waals surface area (Å²) in [5.41, 5.74) is 11.4. The summed E-state index contributed by atoms with van der Waals surface area (Å²) in [7, 11) is 0. The number of fused-ring (bicyclic) bond motifs is 3. The third kappa shape index (κ3) is 2.92. The Morgan fingerprint density at radius 1 is 0.724 bits per heavy atom. The molecule has 0 amide bonds. The molecule has 0 radical (unpaired) electrons. The molecule has 2 heteroatoms. The molecule has 0 fully saturated rings. The third-order valence-electron chi connectivity index (χ3n) is 5.66. The highest BCUT2D eigenvalue weighted by Crippen LogP contribution is 2.38. The molecule has 0 unspecified atom stereocenters. The second kappa shape index (κ2) is 6.59. The zero-order valence-electron chi connectivity index (χ0n) is 17.2. The quantitative estimate of drug-likeness (QED) is 0.317. The van der Waals surface area contributed by atoms with Crippen LogP contribution in [0.5, 0.6) is 0 Å². The Labute approximate surface area is 170 Å². The summed E-state index contributed by atoms with van der Waals surface area (Å²) in [6, 6.07) is 21.5. The fourth-order valence-corrected chi connectivity index (χ4v) is 4.47. The lowest BCUT2D eigenvalue weighted by Gasteiger charge is -2.11. The maximum Gasteiger partial charge on any atom is 0.144 e. The molecule has 5 rings (SSSR count). The lowest BCUT2D eigenvalue weighted by atomic mass is 9.93. The van der Waals surface area contributed by atoms with Crippen molar-refractivity contribution in [1.29, 1.82) is 0 Å². The summed E-state index contributed by atoms with van der Waals surface area (Å²) in [6.07, 6.45) is 1.85. The summed E-state index contributed by atoms with van der Waals surface area (Å²) < 4.78 is 6.40. The summed E-state index contributed by atoms with van der Waals surface area (Å²) in [4.78, 5) is 4.57. The molecule has 5 aromatic rings. The topological polar surface area (TPSA) is 26.0 Å². The van der Waals surface area contributed by atoms with Crippen molar-refractivity contribution in [3.8, 4) is 22.4 Å². The standard InChI is InChI=1S/C27H23NO/c1-16-10-11-28-24(14-16)23-7-5-6-22-21-9-8-20(15-25(21)29-27(22)23)26-18(3)12-17(2)13-19(26)4/h5-15H,1-4H3. The number of benzene rings is 3. The van der Waals surface area contributed by atoms with Crippen LogP contribution in [0.25, 0.3) is 44.3 Å². The fraction of sp³-hybridized carbons (Fsp3) is 0.148. The molecule has 0 saturated carbocycles. The molecular formula is C27H23NO. The SMILES string of the molecule is Cc1ccnc(-c2cccc3c2oc2cc(-c4c(C)cc(C)cc4C)ccc23)c1. The van der Waals surface area contributed by atoms with Gasteiger partial charge >= 0.3 is 0 Å². The molecule has 0 bridgehead atoms. The minimum Gasteiger partial charge on any atom is -0.455 e. The molecule has 2 nitrogen and oxygen atoms in total. The number of nitrogens with zero attached hydrogens (tertiary/aromatic N) is 1. The number of rotatable bonds is 2. The van der Waals surface area contributed by atoms with Gasteiger partial charge in [0.1, 0.15) is 11.2 Å². The lowest BCUT2D eigenvalue weighted by molar-refractivity contribution is 0.670. The molecule has 0 saturated heterocycles. The summed E-state index contributed by atoms with van der Waals surface area (Å²) in [5, 5.41) is 2.27. The molecule has 3 aromatic carbocycles. The molecule has 0 atom stereocenters. The minimum absolute atomic E-state index is 0.898. The molecule has 29 heavy (non-hydrogen) atoms. The van der Waals surface area contributed by atoms with Crippen LogP contribution in [-0.2, 0) is 0 Å². The predicted molar refractivity (Wildman–Crippen MR) is 121 cm³/mol. The van der Waals surface area contributed by atoms with Crippen molar-refractivity contribution >= 4 is 21.9 Å². The number of furan rings is 1. The number of para-hydroxylation sites is 1. The zero-order chi connectivity index (χ0) is 20.1. The smallest absolute Gasteiger partial charge is 0.144 e. The van der Waals surface area contributed by atoms with Crippen molar-refractivity contribution in [3.63, 3.8) is 0 Å². The van der Waals surface area contributed by atoms with Gasteiger partial charge in [-0.3, -0.25) is 4.98 Å². The Balaban J connectivity index is 1.74. The summed E-state index contributed by atoms with van der Waals surface area (Å²) >= 11 is 0. The Morgan fingerprint density at radius 2 is 1.52 bits per heavy atom. The average molecular weight is 377 g/mol. The molecule has 2 aromatic heterocycles. The number of aryl methyl sites for hydroxylation is 4. The Kier molecular flexibility index (Phi) is 4.02. The number of hydrogen-bond acceptors (Lipinski definition) is 2. The van der Waals surface area contributed by atoms with E-state index in [1.54, 1.807) is 0 Å². The number of aromatic nitrogens is 1. The Bertz CT molecular complexity index is 1370. The van der Waals surface area contributed by atoms with Gasteiger partial charge in [-0.05, 0) is 85.8 Å². The van der Waals surface area contributed by atoms with E-state index in [-0.39, 0.29) is 0 Å². The van der Waals surface area contributed by atoms with Crippen LogP contribution in [0.4, 0.5) is 0 Å². The van der Waals surface area contributed by atoms with Crippen LogP contribution in [0.3, 0.4) is 0 Å². The van der Waals surface area contributed by atoms with Crippen molar-refractivity contribution in [2.24, 2.45) is 0 Å². The van der Waals surface area contributed by atoms with Crippen LogP contribution in [0.15, 0.2) is 71.3 Å². The van der Waals surface area contributed by atoms with E-state index in [1.165, 1.54) is 33.4 Å². The molecule has 2 heterocycles. The van der Waals surface area contributed by atoms with Crippen molar-refractivity contribution in [2.45, 2.75) is 27.7 Å². The maximum absolute atomic E-state index is 6.40. The van der Waals surface area contributed by atoms with E-state index in [9.17, 15) is 0 Å². The first kappa shape index (κ1) is 17.7. The molecular weight excluding hydrogens is 354 g/mol. The second-order valence-corrected chi connectivity index (χ2v) is 7.99. The zero-order valence-corrected chi connectivity index (χ0v) is 17.2. The molecule has 0 spiro atoms. The minimum atomic E-state index is 0.898. The van der Waals surface area contributed by atoms with Gasteiger partial charge in [0.05, 0.1) is 5.69 Å². The largest absolute Gasteiger partial charge is 0.455 e. The first-order valence-electron chi connectivity index (χ1n) is 9.98. The van der Waals surface area contributed by atoms with Gasteiger partial charge in [-0.25, -0.2) is 0 Å². The highest BCUT2D eigenvalue weighted by atomic mass is 16.3. The monoisotopic (exact) mass is 377 g/mol. The molecule has 0 aliphatic rings. The van der Waals surface area contributed by atoms with E-state index in [0.717, 1.165) is 33.2 Å². The fourth-order valence-electron chi connectivity index (χ4n) is 4.47. The predicted octanol–water partition coefficient (Wildman–Crippen LogP) is 7.55. The van der Waals surface area contributed by atoms with Crippen molar-refractivity contribution < 1.29 is 4.42 Å². The highest BCUT2D eigenvalue weighted by molar-refractivity contribution is 6.10. The van der Waals surface area contributed by atoms with Gasteiger partial charge in [0.2, 0.25) is 0 Å². The summed E-state index contributed by atoms with van der Waals surface area (Å²) in [5.74, 6) is 0. The lowest BCUT2D eigenvalue weighted by Crippen LogP contribution is -1.89. The van der Waals surface area contributed by atoms with Crippen molar-refractivity contribution in [3.05, 3.63) is 89.1 Å². The normalized spacial score (nSPS) is 11.4. The van der Waals surface area contributed by atoms with Gasteiger partial charge < -0.3 is 4.42 Å². The number of hydrogen-bond donors (Lipinski definition) is 0. The average Bonchev–Trinajstić information content (AvgIpc) is 3.05. The van der Waals surface area contributed by atoms with Gasteiger partial charge in [0.15, 0.2) is 0 Å². The van der Waals surface area contributed by atoms with Crippen LogP contribution < -0.4 is 0 Å². The van der Waals surface area contributed by atoms with Gasteiger partial charge in [-0.2, -0.15) is 0 Å². The van der Waals surface area contributed by atoms with Crippen molar-refractivity contribution in [1.82, 2.24) is 4.98 Å². The van der Waals surface area contributed by atoms with Crippen molar-refractivity contribution in [2.75, 3.05) is 0 Å². The van der Waals surface area contributed by atoms with Crippen LogP contribution in [0, 0.1) is 27.7 Å². The Morgan fingerprint density at radius 3 is 2.28 bits per heavy atom. The van der Waals surface area contributed by atoms with E-state index >= 15 is 0 Å².